The van der Waals surface area contributed by atoms with Gasteiger partial charge in [0.05, 0.1) is 0 Å². The molecule has 0 radical (unpaired) electrons. The molecule has 0 atom stereocenters. The number of aromatic nitrogens is 2. The van der Waals surface area contributed by atoms with Gasteiger partial charge in [0.1, 0.15) is 0 Å². The molecule has 2 aliphatic carbocycles. The van der Waals surface area contributed by atoms with Gasteiger partial charge in [0.15, 0.2) is 0 Å². The van der Waals surface area contributed by atoms with E-state index in [1.807, 2.05) is 0 Å². The Morgan fingerprint density at radius 2 is 1.95 bits per heavy atom. The van der Waals surface area contributed by atoms with E-state index in [-0.39, 0.29) is 11.2 Å². The Labute approximate surface area is 112 Å². The summed E-state index contributed by atoms with van der Waals surface area (Å²) in [7, 11) is 3.22. The average Bonchev–Trinajstić information content (AvgIpc) is 3.24. The van der Waals surface area contributed by atoms with Crippen LogP contribution in [-0.2, 0) is 20.6 Å². The van der Waals surface area contributed by atoms with E-state index in [1.54, 1.807) is 17.7 Å². The van der Waals surface area contributed by atoms with Gasteiger partial charge in [-0.05, 0) is 37.0 Å². The summed E-state index contributed by atoms with van der Waals surface area (Å²) in [6.07, 6.45) is 5.43. The second kappa shape index (κ2) is 4.34. The maximum atomic E-state index is 11.8. The third kappa shape index (κ3) is 2.27. The van der Waals surface area contributed by atoms with Crippen LogP contribution in [0.1, 0.15) is 31.4 Å². The molecule has 1 aromatic heterocycles. The van der Waals surface area contributed by atoms with Gasteiger partial charge >= 0.3 is 5.69 Å². The molecule has 0 unspecified atom stereocenters. The number of nitrogens with one attached hydrogen (secondary N) is 1. The minimum atomic E-state index is -0.257. The highest BCUT2D eigenvalue weighted by Crippen LogP contribution is 2.60. The number of hydrogen-bond donors (Lipinski definition) is 1. The fourth-order valence-corrected chi connectivity index (χ4v) is 2.97. The maximum absolute atomic E-state index is 11.8. The van der Waals surface area contributed by atoms with Crippen LogP contribution in [0.2, 0.25) is 0 Å². The second-order valence-electron chi connectivity index (χ2n) is 6.11. The van der Waals surface area contributed by atoms with Crippen LogP contribution in [0.5, 0.6) is 0 Å². The summed E-state index contributed by atoms with van der Waals surface area (Å²) >= 11 is 0. The predicted molar refractivity (Wildman–Crippen MR) is 73.0 cm³/mol. The molecule has 0 amide bonds. The van der Waals surface area contributed by atoms with E-state index in [0.717, 1.165) is 22.7 Å². The summed E-state index contributed by atoms with van der Waals surface area (Å²) in [5.41, 5.74) is 0.814. The van der Waals surface area contributed by atoms with Crippen molar-refractivity contribution in [3.8, 4) is 0 Å². The van der Waals surface area contributed by atoms with Gasteiger partial charge in [-0.25, -0.2) is 4.79 Å². The quantitative estimate of drug-likeness (QED) is 0.834. The molecule has 0 aliphatic heterocycles. The first kappa shape index (κ1) is 12.7. The fraction of sp³-hybridized carbons (Fsp3) is 0.714. The van der Waals surface area contributed by atoms with Gasteiger partial charge in [0, 0.05) is 38.9 Å². The lowest BCUT2D eigenvalue weighted by Gasteiger charge is -2.16. The SMILES string of the molecule is Cn1c(CNCC2(C3CC3)CC2)cc(=O)n(C)c1=O. The van der Waals surface area contributed by atoms with Gasteiger partial charge in [-0.1, -0.05) is 0 Å². The molecule has 0 spiro atoms. The third-order valence-electron chi connectivity index (χ3n) is 4.74. The smallest absolute Gasteiger partial charge is 0.311 e. The molecule has 19 heavy (non-hydrogen) atoms. The van der Waals surface area contributed by atoms with Gasteiger partial charge in [-0.2, -0.15) is 0 Å². The Morgan fingerprint density at radius 1 is 1.26 bits per heavy atom. The molecular formula is C14H21N3O2. The molecule has 2 aliphatic rings. The lowest BCUT2D eigenvalue weighted by atomic mass is 10.0. The van der Waals surface area contributed by atoms with Gasteiger partial charge in [0.2, 0.25) is 0 Å². The van der Waals surface area contributed by atoms with Crippen molar-refractivity contribution >= 4 is 0 Å². The highest BCUT2D eigenvalue weighted by Gasteiger charge is 2.53. The standard InChI is InChI=1S/C14H21N3O2/c1-16-11(7-12(18)17(2)13(16)19)8-15-9-14(5-6-14)10-3-4-10/h7,10,15H,3-6,8-9H2,1-2H3. The lowest BCUT2D eigenvalue weighted by Crippen LogP contribution is -2.39. The van der Waals surface area contributed by atoms with Gasteiger partial charge < -0.3 is 5.32 Å². The van der Waals surface area contributed by atoms with E-state index in [2.05, 4.69) is 5.32 Å². The Morgan fingerprint density at radius 3 is 2.53 bits per heavy atom. The second-order valence-corrected chi connectivity index (χ2v) is 6.11. The molecule has 1 heterocycles. The molecule has 5 nitrogen and oxygen atoms in total. The minimum absolute atomic E-state index is 0.233. The summed E-state index contributed by atoms with van der Waals surface area (Å²) in [5.74, 6) is 0.924. The number of rotatable bonds is 5. The first-order valence-electron chi connectivity index (χ1n) is 7.00. The first-order chi connectivity index (χ1) is 9.03. The van der Waals surface area contributed by atoms with Crippen molar-refractivity contribution in [1.82, 2.24) is 14.5 Å². The molecule has 2 saturated carbocycles. The molecule has 0 bridgehead atoms. The summed E-state index contributed by atoms with van der Waals surface area (Å²) in [6, 6.07) is 1.55. The van der Waals surface area contributed by atoms with Crippen LogP contribution in [0.3, 0.4) is 0 Å². The molecule has 0 saturated heterocycles. The molecule has 5 heteroatoms. The fourth-order valence-electron chi connectivity index (χ4n) is 2.97. The first-order valence-corrected chi connectivity index (χ1v) is 7.00. The Hall–Kier alpha value is -1.36. The van der Waals surface area contributed by atoms with Crippen LogP contribution in [0.4, 0.5) is 0 Å². The Kier molecular flexibility index (Phi) is 2.89. The van der Waals surface area contributed by atoms with Crippen LogP contribution in [0.25, 0.3) is 0 Å². The predicted octanol–water partition coefficient (Wildman–Crippen LogP) is 0.364. The van der Waals surface area contributed by atoms with Crippen LogP contribution < -0.4 is 16.6 Å². The lowest BCUT2D eigenvalue weighted by molar-refractivity contribution is 0.399. The summed E-state index contributed by atoms with van der Waals surface area (Å²) < 4.78 is 2.68. The van der Waals surface area contributed by atoms with Crippen LogP contribution in [0, 0.1) is 11.3 Å². The van der Waals surface area contributed by atoms with E-state index in [9.17, 15) is 9.59 Å². The topological polar surface area (TPSA) is 56.0 Å². The molecule has 1 aromatic rings. The van der Waals surface area contributed by atoms with Gasteiger partial charge in [0.25, 0.3) is 5.56 Å². The summed E-state index contributed by atoms with van der Waals surface area (Å²) in [5, 5.41) is 3.43. The Bertz CT molecular complexity index is 606. The van der Waals surface area contributed by atoms with Crippen molar-refractivity contribution in [2.45, 2.75) is 32.2 Å². The van der Waals surface area contributed by atoms with Gasteiger partial charge in [-0.3, -0.25) is 13.9 Å². The van der Waals surface area contributed by atoms with E-state index < -0.39 is 0 Å². The normalized spacial score (nSPS) is 20.5. The van der Waals surface area contributed by atoms with Crippen molar-refractivity contribution in [1.29, 1.82) is 0 Å². The van der Waals surface area contributed by atoms with Crippen molar-refractivity contribution in [3.05, 3.63) is 32.6 Å². The highest BCUT2D eigenvalue weighted by molar-refractivity contribution is 5.06. The van der Waals surface area contributed by atoms with Crippen LogP contribution >= 0.6 is 0 Å². The van der Waals surface area contributed by atoms with Crippen molar-refractivity contribution in [2.75, 3.05) is 6.54 Å². The molecule has 3 rings (SSSR count). The molecule has 104 valence electrons. The Balaban J connectivity index is 1.67. The van der Waals surface area contributed by atoms with Crippen LogP contribution in [0.15, 0.2) is 15.7 Å². The van der Waals surface area contributed by atoms with Crippen molar-refractivity contribution in [2.24, 2.45) is 25.4 Å². The number of nitrogens with zero attached hydrogens (tertiary/aromatic N) is 2. The largest absolute Gasteiger partial charge is 0.330 e. The van der Waals surface area contributed by atoms with E-state index >= 15 is 0 Å². The van der Waals surface area contributed by atoms with Crippen molar-refractivity contribution < 1.29 is 0 Å². The van der Waals surface area contributed by atoms with Crippen LogP contribution in [-0.4, -0.2) is 15.7 Å². The monoisotopic (exact) mass is 263 g/mol. The minimum Gasteiger partial charge on any atom is -0.311 e. The summed E-state index contributed by atoms with van der Waals surface area (Å²) in [4.78, 5) is 23.4. The summed E-state index contributed by atoms with van der Waals surface area (Å²) in [6.45, 7) is 1.61. The van der Waals surface area contributed by atoms with E-state index in [4.69, 9.17) is 0 Å². The van der Waals surface area contributed by atoms with E-state index in [0.29, 0.717) is 12.0 Å². The number of hydrogen-bond acceptors (Lipinski definition) is 3. The third-order valence-corrected chi connectivity index (χ3v) is 4.74. The zero-order valence-electron chi connectivity index (χ0n) is 11.6. The van der Waals surface area contributed by atoms with E-state index in [1.165, 1.54) is 32.7 Å². The maximum Gasteiger partial charge on any atom is 0.330 e. The van der Waals surface area contributed by atoms with Crippen molar-refractivity contribution in [3.63, 3.8) is 0 Å². The zero-order valence-corrected chi connectivity index (χ0v) is 11.6. The highest BCUT2D eigenvalue weighted by atomic mass is 16.2. The molecule has 0 aromatic carbocycles. The zero-order chi connectivity index (χ0) is 13.6. The van der Waals surface area contributed by atoms with Gasteiger partial charge in [-0.15, -0.1) is 0 Å². The molecular weight excluding hydrogens is 242 g/mol. The average molecular weight is 263 g/mol. The molecule has 1 N–H and O–H groups in total. The molecule has 2 fully saturated rings.